The number of hydrogen-bond acceptors (Lipinski definition) is 4. The van der Waals surface area contributed by atoms with Gasteiger partial charge < -0.3 is 5.32 Å². The summed E-state index contributed by atoms with van der Waals surface area (Å²) in [7, 11) is -3.52. The number of para-hydroxylation sites is 1. The molecule has 1 aliphatic heterocycles. The first-order valence-electron chi connectivity index (χ1n) is 10.8. The highest BCUT2D eigenvalue weighted by atomic mass is 35.5. The molecule has 1 aliphatic rings. The van der Waals surface area contributed by atoms with E-state index in [1.807, 2.05) is 48.5 Å². The van der Waals surface area contributed by atoms with Crippen LogP contribution in [0, 0.1) is 5.92 Å². The number of piperidine rings is 1. The number of benzene rings is 3. The summed E-state index contributed by atoms with van der Waals surface area (Å²) >= 11 is 7.61. The number of sulfonamides is 1. The maximum atomic E-state index is 13.0. The summed E-state index contributed by atoms with van der Waals surface area (Å²) in [6.07, 6.45) is 0.996. The zero-order valence-electron chi connectivity index (χ0n) is 18.0. The normalized spacial score (nSPS) is 15.3. The molecule has 1 amide bonds. The fourth-order valence-electron chi connectivity index (χ4n) is 3.77. The highest BCUT2D eigenvalue weighted by molar-refractivity contribution is 7.98. The van der Waals surface area contributed by atoms with Gasteiger partial charge in [-0.25, -0.2) is 8.42 Å². The molecule has 0 bridgehead atoms. The van der Waals surface area contributed by atoms with Crippen molar-refractivity contribution in [2.45, 2.75) is 28.4 Å². The lowest BCUT2D eigenvalue weighted by atomic mass is 9.97. The predicted octanol–water partition coefficient (Wildman–Crippen LogP) is 5.67. The lowest BCUT2D eigenvalue weighted by Crippen LogP contribution is -2.41. The van der Waals surface area contributed by atoms with Gasteiger partial charge in [-0.15, -0.1) is 11.8 Å². The number of nitrogens with zero attached hydrogens (tertiary/aromatic N) is 1. The second kappa shape index (κ2) is 10.7. The number of anilines is 1. The molecule has 3 aromatic carbocycles. The van der Waals surface area contributed by atoms with Gasteiger partial charge in [0, 0.05) is 34.7 Å². The van der Waals surface area contributed by atoms with E-state index in [1.165, 1.54) is 4.31 Å². The Hall–Kier alpha value is -2.32. The Morgan fingerprint density at radius 3 is 2.27 bits per heavy atom. The molecule has 8 heteroatoms. The molecule has 0 spiro atoms. The largest absolute Gasteiger partial charge is 0.325 e. The van der Waals surface area contributed by atoms with Crippen molar-refractivity contribution < 1.29 is 13.2 Å². The number of amides is 1. The number of hydrogen-bond donors (Lipinski definition) is 1. The number of nitrogens with one attached hydrogen (secondary N) is 1. The molecule has 0 saturated carbocycles. The van der Waals surface area contributed by atoms with Gasteiger partial charge in [-0.3, -0.25) is 4.79 Å². The molecule has 3 aromatic rings. The molecule has 0 atom stereocenters. The van der Waals surface area contributed by atoms with Crippen molar-refractivity contribution in [3.63, 3.8) is 0 Å². The van der Waals surface area contributed by atoms with E-state index in [2.05, 4.69) is 5.32 Å². The standard InChI is InChI=1S/C25H25ClN2O3S2/c26-21-12-10-19(11-13-21)18-32-24-9-5-4-8-23(24)27-25(29)20-14-16-28(17-15-20)33(30,31)22-6-2-1-3-7-22/h1-13,20H,14-18H2,(H,27,29). The number of carbonyl (C=O) groups is 1. The molecule has 1 N–H and O–H groups in total. The van der Waals surface area contributed by atoms with Gasteiger partial charge in [-0.2, -0.15) is 4.31 Å². The average Bonchev–Trinajstić information content (AvgIpc) is 2.85. The number of thioether (sulfide) groups is 1. The Labute approximate surface area is 204 Å². The van der Waals surface area contributed by atoms with Gasteiger partial charge in [0.15, 0.2) is 0 Å². The van der Waals surface area contributed by atoms with Crippen molar-refractivity contribution in [1.29, 1.82) is 0 Å². The summed E-state index contributed by atoms with van der Waals surface area (Å²) in [5, 5.41) is 3.77. The van der Waals surface area contributed by atoms with Gasteiger partial charge in [-0.1, -0.05) is 54.1 Å². The second-order valence-electron chi connectivity index (χ2n) is 7.89. The van der Waals surface area contributed by atoms with Crippen LogP contribution in [0.15, 0.2) is 88.7 Å². The summed E-state index contributed by atoms with van der Waals surface area (Å²) < 4.78 is 27.1. The molecule has 0 radical (unpaired) electrons. The summed E-state index contributed by atoms with van der Waals surface area (Å²) in [5.41, 5.74) is 1.93. The van der Waals surface area contributed by atoms with Gasteiger partial charge in [0.1, 0.15) is 0 Å². The van der Waals surface area contributed by atoms with E-state index in [4.69, 9.17) is 11.6 Å². The van der Waals surface area contributed by atoms with Crippen LogP contribution in [0.5, 0.6) is 0 Å². The van der Waals surface area contributed by atoms with E-state index in [-0.39, 0.29) is 11.8 Å². The molecular formula is C25H25ClN2O3S2. The third-order valence-corrected chi connectivity index (χ3v) is 8.97. The highest BCUT2D eigenvalue weighted by Gasteiger charge is 2.32. The van der Waals surface area contributed by atoms with Crippen molar-refractivity contribution in [2.75, 3.05) is 18.4 Å². The van der Waals surface area contributed by atoms with Crippen LogP contribution in [0.1, 0.15) is 18.4 Å². The summed E-state index contributed by atoms with van der Waals surface area (Å²) in [6, 6.07) is 23.9. The maximum Gasteiger partial charge on any atom is 0.243 e. The van der Waals surface area contributed by atoms with Crippen LogP contribution in [0.2, 0.25) is 5.02 Å². The zero-order chi connectivity index (χ0) is 23.3. The molecule has 0 unspecified atom stereocenters. The van der Waals surface area contributed by atoms with Crippen LogP contribution in [0.4, 0.5) is 5.69 Å². The molecule has 172 valence electrons. The van der Waals surface area contributed by atoms with Gasteiger partial charge >= 0.3 is 0 Å². The van der Waals surface area contributed by atoms with Crippen LogP contribution < -0.4 is 5.32 Å². The summed E-state index contributed by atoms with van der Waals surface area (Å²) in [5.74, 6) is 0.479. The summed E-state index contributed by atoms with van der Waals surface area (Å²) in [6.45, 7) is 0.671. The van der Waals surface area contributed by atoms with Gasteiger partial charge in [0.25, 0.3) is 0 Å². The molecule has 1 fully saturated rings. The first kappa shape index (κ1) is 23.8. The van der Waals surface area contributed by atoms with Crippen LogP contribution in [0.3, 0.4) is 0 Å². The van der Waals surface area contributed by atoms with Crippen LogP contribution in [-0.4, -0.2) is 31.7 Å². The Bertz CT molecular complexity index is 1190. The monoisotopic (exact) mass is 500 g/mol. The van der Waals surface area contributed by atoms with E-state index in [0.717, 1.165) is 21.9 Å². The Morgan fingerprint density at radius 2 is 1.58 bits per heavy atom. The minimum absolute atomic E-state index is 0.0636. The molecule has 5 nitrogen and oxygen atoms in total. The van der Waals surface area contributed by atoms with Crippen molar-refractivity contribution >= 4 is 45.0 Å². The van der Waals surface area contributed by atoms with Crippen molar-refractivity contribution in [2.24, 2.45) is 5.92 Å². The molecule has 33 heavy (non-hydrogen) atoms. The van der Waals surface area contributed by atoms with Crippen LogP contribution in [-0.2, 0) is 20.6 Å². The fraction of sp³-hybridized carbons (Fsp3) is 0.240. The Morgan fingerprint density at radius 1 is 0.939 bits per heavy atom. The predicted molar refractivity (Wildman–Crippen MR) is 134 cm³/mol. The van der Waals surface area contributed by atoms with Gasteiger partial charge in [0.05, 0.1) is 10.6 Å². The first-order chi connectivity index (χ1) is 15.9. The van der Waals surface area contributed by atoms with Crippen molar-refractivity contribution in [1.82, 2.24) is 4.31 Å². The quantitative estimate of drug-likeness (QED) is 0.424. The molecule has 1 saturated heterocycles. The number of carbonyl (C=O) groups excluding carboxylic acids is 1. The lowest BCUT2D eigenvalue weighted by Gasteiger charge is -2.30. The smallest absolute Gasteiger partial charge is 0.243 e. The lowest BCUT2D eigenvalue weighted by molar-refractivity contribution is -0.120. The highest BCUT2D eigenvalue weighted by Crippen LogP contribution is 2.31. The number of rotatable bonds is 7. The van der Waals surface area contributed by atoms with E-state index < -0.39 is 10.0 Å². The molecule has 1 heterocycles. The van der Waals surface area contributed by atoms with Gasteiger partial charge in [0.2, 0.25) is 15.9 Å². The molecular weight excluding hydrogens is 476 g/mol. The maximum absolute atomic E-state index is 13.0. The Balaban J connectivity index is 1.35. The van der Waals surface area contributed by atoms with Gasteiger partial charge in [-0.05, 0) is 54.8 Å². The van der Waals surface area contributed by atoms with Crippen molar-refractivity contribution in [3.8, 4) is 0 Å². The summed E-state index contributed by atoms with van der Waals surface area (Å²) in [4.78, 5) is 14.2. The topological polar surface area (TPSA) is 66.5 Å². The van der Waals surface area contributed by atoms with E-state index >= 15 is 0 Å². The average molecular weight is 501 g/mol. The second-order valence-corrected chi connectivity index (χ2v) is 11.3. The zero-order valence-corrected chi connectivity index (χ0v) is 20.4. The van der Waals surface area contributed by atoms with Crippen molar-refractivity contribution in [3.05, 3.63) is 89.4 Å². The fourth-order valence-corrected chi connectivity index (χ4v) is 6.35. The third-order valence-electron chi connectivity index (χ3n) is 5.66. The molecule has 0 aliphatic carbocycles. The Kier molecular flexibility index (Phi) is 7.75. The van der Waals surface area contributed by atoms with Crippen LogP contribution >= 0.6 is 23.4 Å². The molecule has 4 rings (SSSR count). The minimum Gasteiger partial charge on any atom is -0.325 e. The third kappa shape index (κ3) is 5.98. The van der Waals surface area contributed by atoms with E-state index in [1.54, 1.807) is 42.1 Å². The minimum atomic E-state index is -3.52. The first-order valence-corrected chi connectivity index (χ1v) is 13.6. The van der Waals surface area contributed by atoms with E-state index in [9.17, 15) is 13.2 Å². The number of halogens is 1. The van der Waals surface area contributed by atoms with Crippen LogP contribution in [0.25, 0.3) is 0 Å². The molecule has 0 aromatic heterocycles. The van der Waals surface area contributed by atoms with E-state index in [0.29, 0.717) is 35.8 Å². The SMILES string of the molecule is O=C(Nc1ccccc1SCc1ccc(Cl)cc1)C1CCN(S(=O)(=O)c2ccccc2)CC1.